The van der Waals surface area contributed by atoms with Crippen molar-refractivity contribution in [2.75, 3.05) is 69.1 Å². The first kappa shape index (κ1) is 21.4. The Morgan fingerprint density at radius 3 is 2.70 bits per heavy atom. The highest BCUT2D eigenvalue weighted by Crippen LogP contribution is 2.34. The summed E-state index contributed by atoms with van der Waals surface area (Å²) in [5.41, 5.74) is 1.41. The second kappa shape index (κ2) is 10.5. The Kier molecular flexibility index (Phi) is 7.50. The summed E-state index contributed by atoms with van der Waals surface area (Å²) in [6, 6.07) is 6.90. The third kappa shape index (κ3) is 5.63. The number of rotatable bonds is 8. The van der Waals surface area contributed by atoms with Gasteiger partial charge in [0.15, 0.2) is 11.5 Å². The van der Waals surface area contributed by atoms with Crippen molar-refractivity contribution in [1.82, 2.24) is 15.3 Å². The zero-order valence-electron chi connectivity index (χ0n) is 17.5. The molecule has 30 heavy (non-hydrogen) atoms. The number of carbonyl (C=O) groups is 1. The molecule has 0 atom stereocenters. The lowest BCUT2D eigenvalue weighted by molar-refractivity contribution is 0.122. The largest absolute Gasteiger partial charge is 0.493 e. The summed E-state index contributed by atoms with van der Waals surface area (Å²) < 4.78 is 15.9. The van der Waals surface area contributed by atoms with Gasteiger partial charge in [-0.25, -0.2) is 9.78 Å². The molecule has 2 heterocycles. The van der Waals surface area contributed by atoms with Crippen molar-refractivity contribution in [3.05, 3.63) is 30.0 Å². The minimum atomic E-state index is -0.345. The Hall–Kier alpha value is -3.27. The number of carbonyl (C=O) groups excluding carboxylic acids is 1. The van der Waals surface area contributed by atoms with Crippen molar-refractivity contribution in [2.45, 2.75) is 6.92 Å². The summed E-state index contributed by atoms with van der Waals surface area (Å²) in [7, 11) is 3.07. The monoisotopic (exact) mass is 416 g/mol. The molecule has 10 heteroatoms. The Balaban J connectivity index is 1.49. The lowest BCUT2D eigenvalue weighted by Gasteiger charge is -2.28. The van der Waals surface area contributed by atoms with Gasteiger partial charge in [0.05, 0.1) is 33.1 Å². The Morgan fingerprint density at radius 2 is 1.97 bits per heavy atom. The topological polar surface area (TPSA) is 110 Å². The Morgan fingerprint density at radius 1 is 1.17 bits per heavy atom. The van der Waals surface area contributed by atoms with E-state index >= 15 is 0 Å². The van der Waals surface area contributed by atoms with E-state index in [2.05, 4.69) is 30.8 Å². The van der Waals surface area contributed by atoms with Crippen molar-refractivity contribution >= 4 is 23.5 Å². The van der Waals surface area contributed by atoms with Gasteiger partial charge < -0.3 is 35.1 Å². The number of benzene rings is 1. The summed E-state index contributed by atoms with van der Waals surface area (Å²) in [4.78, 5) is 23.4. The summed E-state index contributed by atoms with van der Waals surface area (Å²) in [6.07, 6.45) is 0. The molecule has 0 aliphatic carbocycles. The number of para-hydroxylation sites is 1. The molecule has 2 amide bonds. The standard InChI is InChI=1S/C20H28N6O4/c1-14-13-17(26-9-11-30-12-10-26)25-19(23-14)21-7-8-22-20(27)24-15-5-4-6-16(28-2)18(15)29-3/h4-6,13H,7-12H2,1-3H3,(H,21,23,25)(H2,22,24,27). The number of amides is 2. The number of hydrogen-bond donors (Lipinski definition) is 3. The summed E-state index contributed by atoms with van der Waals surface area (Å²) in [5.74, 6) is 2.43. The number of methoxy groups -OCH3 is 2. The fourth-order valence-corrected chi connectivity index (χ4v) is 3.09. The zero-order valence-corrected chi connectivity index (χ0v) is 17.5. The fraction of sp³-hybridized carbons (Fsp3) is 0.450. The van der Waals surface area contributed by atoms with Gasteiger partial charge in [0.1, 0.15) is 5.82 Å². The number of hydrogen-bond acceptors (Lipinski definition) is 8. The molecule has 3 N–H and O–H groups in total. The molecule has 0 radical (unpaired) electrons. The molecule has 1 saturated heterocycles. The van der Waals surface area contributed by atoms with E-state index in [9.17, 15) is 4.79 Å². The zero-order chi connectivity index (χ0) is 21.3. The molecule has 162 valence electrons. The van der Waals surface area contributed by atoms with Crippen molar-refractivity contribution in [1.29, 1.82) is 0 Å². The highest BCUT2D eigenvalue weighted by atomic mass is 16.5. The Bertz CT molecular complexity index is 857. The number of anilines is 3. The molecule has 0 saturated carbocycles. The van der Waals surface area contributed by atoms with Crippen LogP contribution in [-0.2, 0) is 4.74 Å². The van der Waals surface area contributed by atoms with Gasteiger partial charge in [-0.2, -0.15) is 4.98 Å². The van der Waals surface area contributed by atoms with Gasteiger partial charge in [-0.05, 0) is 19.1 Å². The van der Waals surface area contributed by atoms with Crippen LogP contribution in [0.4, 0.5) is 22.2 Å². The highest BCUT2D eigenvalue weighted by molar-refractivity contribution is 5.91. The molecule has 1 fully saturated rings. The molecule has 0 unspecified atom stereocenters. The third-order valence-electron chi connectivity index (χ3n) is 4.52. The summed E-state index contributed by atoms with van der Waals surface area (Å²) in [6.45, 7) is 5.82. The van der Waals surface area contributed by atoms with Crippen LogP contribution >= 0.6 is 0 Å². The van der Waals surface area contributed by atoms with E-state index in [1.54, 1.807) is 25.3 Å². The minimum absolute atomic E-state index is 0.345. The van der Waals surface area contributed by atoms with Crippen molar-refractivity contribution in [2.24, 2.45) is 0 Å². The van der Waals surface area contributed by atoms with E-state index in [1.807, 2.05) is 13.0 Å². The van der Waals surface area contributed by atoms with Crippen LogP contribution < -0.4 is 30.3 Å². The van der Waals surface area contributed by atoms with Crippen molar-refractivity contribution in [3.63, 3.8) is 0 Å². The average Bonchev–Trinajstić information content (AvgIpc) is 2.76. The van der Waals surface area contributed by atoms with Crippen molar-refractivity contribution in [3.8, 4) is 11.5 Å². The van der Waals surface area contributed by atoms with Crippen LogP contribution in [0.5, 0.6) is 11.5 Å². The first-order valence-corrected chi connectivity index (χ1v) is 9.79. The minimum Gasteiger partial charge on any atom is -0.493 e. The van der Waals surface area contributed by atoms with E-state index < -0.39 is 0 Å². The Labute approximate surface area is 175 Å². The molecule has 2 aromatic rings. The molecule has 1 aromatic carbocycles. The van der Waals surface area contributed by atoms with Crippen LogP contribution in [0.25, 0.3) is 0 Å². The van der Waals surface area contributed by atoms with Crippen molar-refractivity contribution < 1.29 is 19.0 Å². The normalized spacial score (nSPS) is 13.5. The number of nitrogens with zero attached hydrogens (tertiary/aromatic N) is 3. The van der Waals surface area contributed by atoms with Gasteiger partial charge in [-0.15, -0.1) is 0 Å². The molecule has 10 nitrogen and oxygen atoms in total. The van der Waals surface area contributed by atoms with E-state index in [1.165, 1.54) is 7.11 Å². The lowest BCUT2D eigenvalue weighted by Crippen LogP contribution is -2.37. The maximum atomic E-state index is 12.2. The smallest absolute Gasteiger partial charge is 0.319 e. The maximum Gasteiger partial charge on any atom is 0.319 e. The van der Waals surface area contributed by atoms with Gasteiger partial charge in [0.2, 0.25) is 5.95 Å². The predicted octanol–water partition coefficient (Wildman–Crippen LogP) is 1.87. The maximum absolute atomic E-state index is 12.2. The van der Waals surface area contributed by atoms with Gasteiger partial charge in [0, 0.05) is 37.9 Å². The van der Waals surface area contributed by atoms with E-state index in [4.69, 9.17) is 14.2 Å². The second-order valence-corrected chi connectivity index (χ2v) is 6.64. The van der Waals surface area contributed by atoms with E-state index in [-0.39, 0.29) is 6.03 Å². The molecule has 0 bridgehead atoms. The predicted molar refractivity (Wildman–Crippen MR) is 115 cm³/mol. The molecule has 0 spiro atoms. The van der Waals surface area contributed by atoms with Gasteiger partial charge in [-0.3, -0.25) is 0 Å². The first-order valence-electron chi connectivity index (χ1n) is 9.79. The van der Waals surface area contributed by atoms with Crippen LogP contribution in [0.1, 0.15) is 5.69 Å². The summed E-state index contributed by atoms with van der Waals surface area (Å²) >= 11 is 0. The molecule has 3 rings (SSSR count). The molecule has 1 aromatic heterocycles. The quantitative estimate of drug-likeness (QED) is 0.560. The second-order valence-electron chi connectivity index (χ2n) is 6.64. The SMILES string of the molecule is COc1cccc(NC(=O)NCCNc2nc(C)cc(N3CCOCC3)n2)c1OC. The molecular formula is C20H28N6O4. The van der Waals surface area contributed by atoms with Crippen LogP contribution in [0.3, 0.4) is 0 Å². The molecule has 1 aliphatic rings. The first-order chi connectivity index (χ1) is 14.6. The number of urea groups is 1. The molecule has 1 aliphatic heterocycles. The van der Waals surface area contributed by atoms with Gasteiger partial charge in [-0.1, -0.05) is 6.07 Å². The average molecular weight is 416 g/mol. The van der Waals surface area contributed by atoms with Crippen LogP contribution in [-0.4, -0.2) is 69.6 Å². The van der Waals surface area contributed by atoms with Gasteiger partial charge >= 0.3 is 6.03 Å². The van der Waals surface area contributed by atoms with Gasteiger partial charge in [0.25, 0.3) is 0 Å². The third-order valence-corrected chi connectivity index (χ3v) is 4.52. The van der Waals surface area contributed by atoms with Crippen LogP contribution in [0.2, 0.25) is 0 Å². The fourth-order valence-electron chi connectivity index (χ4n) is 3.09. The number of aromatic nitrogens is 2. The van der Waals surface area contributed by atoms with Crippen LogP contribution in [0.15, 0.2) is 24.3 Å². The summed E-state index contributed by atoms with van der Waals surface area (Å²) in [5, 5.41) is 8.71. The molecular weight excluding hydrogens is 388 g/mol. The van der Waals surface area contributed by atoms with E-state index in [0.717, 1.165) is 24.6 Å². The highest BCUT2D eigenvalue weighted by Gasteiger charge is 2.14. The number of nitrogens with one attached hydrogen (secondary N) is 3. The number of morpholine rings is 1. The lowest BCUT2D eigenvalue weighted by atomic mass is 10.2. The number of aryl methyl sites for hydroxylation is 1. The number of ether oxygens (including phenoxy) is 3. The van der Waals surface area contributed by atoms with Crippen LogP contribution in [0, 0.1) is 6.92 Å². The van der Waals surface area contributed by atoms with E-state index in [0.29, 0.717) is 49.4 Å².